The molecule has 2 aliphatic rings. The third-order valence-electron chi connectivity index (χ3n) is 4.17. The number of halogens is 1. The highest BCUT2D eigenvalue weighted by atomic mass is 35.5. The summed E-state index contributed by atoms with van der Waals surface area (Å²) >= 11 is 0. The summed E-state index contributed by atoms with van der Waals surface area (Å²) in [6.45, 7) is 0. The molecule has 2 N–H and O–H groups in total. The van der Waals surface area contributed by atoms with Crippen LogP contribution in [0.3, 0.4) is 0 Å². The number of anilines is 1. The van der Waals surface area contributed by atoms with E-state index in [2.05, 4.69) is 0 Å². The van der Waals surface area contributed by atoms with Gasteiger partial charge < -0.3 is 10.5 Å². The average Bonchev–Trinajstić information content (AvgIpc) is 2.55. The summed E-state index contributed by atoms with van der Waals surface area (Å²) in [7, 11) is 0. The Morgan fingerprint density at radius 2 is 2.13 bits per heavy atom. The van der Waals surface area contributed by atoms with Crippen LogP contribution in [0.5, 0.6) is 0 Å². The van der Waals surface area contributed by atoms with Crippen LogP contribution in [0.1, 0.15) is 29.9 Å². The maximum absolute atomic E-state index is 12.5. The standard InChI is InChI=1S/C18H17NO3.ClH/c19-16-9-4-6-13-14(16)7-3-8-15(13)18(21)22-17-10-2-1-5-12(17)11-20;/h1-2,4-6,9-10,15,17H,3,7-8,19H2;1H. The number of benzene rings is 1. The van der Waals surface area contributed by atoms with Gasteiger partial charge in [-0.25, -0.2) is 4.79 Å². The van der Waals surface area contributed by atoms with E-state index in [0.29, 0.717) is 5.57 Å². The summed E-state index contributed by atoms with van der Waals surface area (Å²) in [5.74, 6) is 1.19. The second-order valence-electron chi connectivity index (χ2n) is 5.52. The lowest BCUT2D eigenvalue weighted by molar-refractivity contribution is -0.147. The Morgan fingerprint density at radius 3 is 2.91 bits per heavy atom. The van der Waals surface area contributed by atoms with E-state index < -0.39 is 6.10 Å². The molecule has 2 atom stereocenters. The van der Waals surface area contributed by atoms with Gasteiger partial charge >= 0.3 is 5.97 Å². The Morgan fingerprint density at radius 1 is 1.30 bits per heavy atom. The van der Waals surface area contributed by atoms with Crippen molar-refractivity contribution in [1.29, 1.82) is 0 Å². The lowest BCUT2D eigenvalue weighted by atomic mass is 9.82. The Labute approximate surface area is 141 Å². The number of allylic oxidation sites excluding steroid dienone is 2. The van der Waals surface area contributed by atoms with Crippen molar-refractivity contribution in [1.82, 2.24) is 0 Å². The number of hydrogen-bond donors (Lipinski definition) is 1. The number of carbonyl (C=O) groups excluding carboxylic acids is 2. The molecule has 0 aliphatic heterocycles. The normalized spacial score (nSPS) is 21.8. The molecule has 1 aromatic carbocycles. The molecule has 3 rings (SSSR count). The van der Waals surface area contributed by atoms with Gasteiger partial charge in [-0.2, -0.15) is 0 Å². The van der Waals surface area contributed by atoms with Crippen molar-refractivity contribution in [3.05, 3.63) is 59.2 Å². The van der Waals surface area contributed by atoms with Crippen molar-refractivity contribution in [2.45, 2.75) is 31.3 Å². The second kappa shape index (κ2) is 7.32. The summed E-state index contributed by atoms with van der Waals surface area (Å²) < 4.78 is 5.51. The van der Waals surface area contributed by atoms with Crippen molar-refractivity contribution < 1.29 is 14.3 Å². The van der Waals surface area contributed by atoms with Crippen LogP contribution in [0, 0.1) is 0 Å². The van der Waals surface area contributed by atoms with Crippen molar-refractivity contribution >= 4 is 30.0 Å². The Hall–Kier alpha value is -2.29. The van der Waals surface area contributed by atoms with Crippen LogP contribution in [0.4, 0.5) is 5.69 Å². The first-order valence-electron chi connectivity index (χ1n) is 7.38. The number of esters is 1. The molecule has 2 unspecified atom stereocenters. The molecule has 0 saturated heterocycles. The van der Waals surface area contributed by atoms with Crippen LogP contribution in [0.15, 0.2) is 48.1 Å². The zero-order valence-corrected chi connectivity index (χ0v) is 13.3. The van der Waals surface area contributed by atoms with Gasteiger partial charge in [-0.3, -0.25) is 4.79 Å². The number of carbonyl (C=O) groups is 1. The fraction of sp³-hybridized carbons (Fsp3) is 0.278. The topological polar surface area (TPSA) is 69.4 Å². The lowest BCUT2D eigenvalue weighted by Gasteiger charge is -2.26. The van der Waals surface area contributed by atoms with Gasteiger partial charge in [-0.15, -0.1) is 12.4 Å². The van der Waals surface area contributed by atoms with E-state index in [9.17, 15) is 9.59 Å². The fourth-order valence-electron chi connectivity index (χ4n) is 3.05. The van der Waals surface area contributed by atoms with Crippen molar-refractivity contribution in [2.75, 3.05) is 5.73 Å². The molecular formula is C18H18ClNO3. The molecule has 0 amide bonds. The molecule has 5 heteroatoms. The van der Waals surface area contributed by atoms with E-state index in [0.717, 1.165) is 36.1 Å². The van der Waals surface area contributed by atoms with Crippen LogP contribution in [0.25, 0.3) is 0 Å². The Bertz CT molecular complexity index is 717. The molecule has 4 nitrogen and oxygen atoms in total. The molecule has 0 radical (unpaired) electrons. The van der Waals surface area contributed by atoms with E-state index in [4.69, 9.17) is 10.5 Å². The van der Waals surface area contributed by atoms with Gasteiger partial charge in [-0.05, 0) is 48.6 Å². The molecule has 23 heavy (non-hydrogen) atoms. The smallest absolute Gasteiger partial charge is 0.314 e. The molecule has 0 fully saturated rings. The maximum atomic E-state index is 12.5. The Kier molecular flexibility index (Phi) is 5.43. The number of rotatable bonds is 2. The first-order chi connectivity index (χ1) is 10.7. The number of hydrogen-bond acceptors (Lipinski definition) is 4. The maximum Gasteiger partial charge on any atom is 0.314 e. The molecule has 0 spiro atoms. The molecular weight excluding hydrogens is 314 g/mol. The summed E-state index contributed by atoms with van der Waals surface area (Å²) in [6, 6.07) is 5.65. The van der Waals surface area contributed by atoms with E-state index >= 15 is 0 Å². The molecule has 120 valence electrons. The molecule has 2 aliphatic carbocycles. The number of fused-ring (bicyclic) bond motifs is 1. The van der Waals surface area contributed by atoms with Crippen LogP contribution in [0.2, 0.25) is 0 Å². The van der Waals surface area contributed by atoms with Gasteiger partial charge in [0.15, 0.2) is 6.10 Å². The molecule has 0 heterocycles. The van der Waals surface area contributed by atoms with E-state index in [1.54, 1.807) is 24.3 Å². The predicted molar refractivity (Wildman–Crippen MR) is 91.1 cm³/mol. The fourth-order valence-corrected chi connectivity index (χ4v) is 3.05. The monoisotopic (exact) mass is 331 g/mol. The minimum Gasteiger partial charge on any atom is -0.452 e. The highest BCUT2D eigenvalue weighted by Gasteiger charge is 2.30. The predicted octanol–water partition coefficient (Wildman–Crippen LogP) is 2.91. The minimum absolute atomic E-state index is 0. The quantitative estimate of drug-likeness (QED) is 0.514. The molecule has 0 aromatic heterocycles. The molecule has 0 bridgehead atoms. The van der Waals surface area contributed by atoms with Crippen LogP contribution in [-0.4, -0.2) is 18.0 Å². The first kappa shape index (κ1) is 17.1. The Balaban J connectivity index is 0.00000192. The van der Waals surface area contributed by atoms with Crippen LogP contribution >= 0.6 is 12.4 Å². The van der Waals surface area contributed by atoms with E-state index in [-0.39, 0.29) is 24.3 Å². The van der Waals surface area contributed by atoms with Gasteiger partial charge in [-0.1, -0.05) is 24.3 Å². The summed E-state index contributed by atoms with van der Waals surface area (Å²) in [5.41, 5.74) is 9.05. The third-order valence-corrected chi connectivity index (χ3v) is 4.17. The zero-order chi connectivity index (χ0) is 15.5. The lowest BCUT2D eigenvalue weighted by Crippen LogP contribution is -2.26. The van der Waals surface area contributed by atoms with E-state index in [1.807, 2.05) is 24.1 Å². The average molecular weight is 332 g/mol. The SMILES string of the molecule is Cl.Nc1cccc2c1CCCC2C(=O)OC1C=CC=CC1=C=O. The largest absolute Gasteiger partial charge is 0.452 e. The highest BCUT2D eigenvalue weighted by molar-refractivity contribution is 5.85. The van der Waals surface area contributed by atoms with Gasteiger partial charge in [0.2, 0.25) is 0 Å². The van der Waals surface area contributed by atoms with Crippen molar-refractivity contribution in [2.24, 2.45) is 0 Å². The number of ether oxygens (including phenoxy) is 1. The first-order valence-corrected chi connectivity index (χ1v) is 7.38. The summed E-state index contributed by atoms with van der Waals surface area (Å²) in [5, 5.41) is 0. The van der Waals surface area contributed by atoms with E-state index in [1.165, 1.54) is 0 Å². The molecule has 0 saturated carbocycles. The number of nitrogen functional groups attached to an aromatic ring is 1. The number of nitrogens with two attached hydrogens (primary N) is 1. The highest BCUT2D eigenvalue weighted by Crippen LogP contribution is 2.35. The molecule has 1 aromatic rings. The third kappa shape index (κ3) is 3.39. The summed E-state index contributed by atoms with van der Waals surface area (Å²) in [6.07, 6.45) is 8.64. The van der Waals surface area contributed by atoms with Crippen molar-refractivity contribution in [3.8, 4) is 0 Å². The van der Waals surface area contributed by atoms with Gasteiger partial charge in [0.1, 0.15) is 5.94 Å². The second-order valence-corrected chi connectivity index (χ2v) is 5.52. The van der Waals surface area contributed by atoms with Crippen LogP contribution in [-0.2, 0) is 20.7 Å². The van der Waals surface area contributed by atoms with Crippen molar-refractivity contribution in [3.63, 3.8) is 0 Å². The minimum atomic E-state index is -0.651. The van der Waals surface area contributed by atoms with Gasteiger partial charge in [0.25, 0.3) is 0 Å². The van der Waals surface area contributed by atoms with Gasteiger partial charge in [0.05, 0.1) is 11.5 Å². The summed E-state index contributed by atoms with van der Waals surface area (Å²) in [4.78, 5) is 23.5. The zero-order valence-electron chi connectivity index (χ0n) is 12.5. The van der Waals surface area contributed by atoms with Crippen LogP contribution < -0.4 is 5.73 Å². The van der Waals surface area contributed by atoms with Gasteiger partial charge in [0, 0.05) is 5.69 Å².